The van der Waals surface area contributed by atoms with Crippen LogP contribution in [-0.4, -0.2) is 44.6 Å². The van der Waals surface area contributed by atoms with Crippen LogP contribution < -0.4 is 10.9 Å². The van der Waals surface area contributed by atoms with Crippen LogP contribution in [0.3, 0.4) is 0 Å². The maximum absolute atomic E-state index is 13.6. The van der Waals surface area contributed by atoms with Crippen molar-refractivity contribution in [2.75, 3.05) is 6.54 Å². The molecule has 2 amide bonds. The molecular formula is C24H30N4O4. The van der Waals surface area contributed by atoms with Gasteiger partial charge in [0.1, 0.15) is 17.5 Å². The topological polar surface area (TPSA) is 93.5 Å². The summed E-state index contributed by atoms with van der Waals surface area (Å²) in [6.07, 6.45) is 1.87. The number of aromatic nitrogens is 2. The second kappa shape index (κ2) is 8.41. The Bertz CT molecular complexity index is 1080. The minimum absolute atomic E-state index is 0.178. The zero-order chi connectivity index (χ0) is 23.0. The first-order valence-corrected chi connectivity index (χ1v) is 11.1. The zero-order valence-corrected chi connectivity index (χ0v) is 19.1. The van der Waals surface area contributed by atoms with Crippen LogP contribution in [0.1, 0.15) is 62.3 Å². The van der Waals surface area contributed by atoms with E-state index in [1.165, 1.54) is 4.57 Å². The molecule has 2 heterocycles. The summed E-state index contributed by atoms with van der Waals surface area (Å²) in [5.74, 6) is 0.247. The van der Waals surface area contributed by atoms with Gasteiger partial charge in [-0.2, -0.15) is 0 Å². The molecule has 1 aliphatic heterocycles. The molecule has 8 nitrogen and oxygen atoms in total. The lowest BCUT2D eigenvalue weighted by molar-refractivity contribution is -0.123. The molecule has 0 saturated heterocycles. The molecule has 170 valence electrons. The molecule has 1 aromatic heterocycles. The van der Waals surface area contributed by atoms with Crippen molar-refractivity contribution in [1.82, 2.24) is 19.8 Å². The van der Waals surface area contributed by atoms with E-state index in [0.717, 1.165) is 18.4 Å². The highest BCUT2D eigenvalue weighted by atomic mass is 16.6. The van der Waals surface area contributed by atoms with E-state index in [1.54, 1.807) is 11.8 Å². The Morgan fingerprint density at radius 1 is 1.19 bits per heavy atom. The van der Waals surface area contributed by atoms with Gasteiger partial charge in [-0.05, 0) is 52.5 Å². The van der Waals surface area contributed by atoms with Crippen molar-refractivity contribution in [2.45, 2.75) is 71.2 Å². The molecule has 0 radical (unpaired) electrons. The SMILES string of the molecule is Cc1nc2c(c(=O)n1C(C(=O)NC1CC1)c1ccccc1)CCN(C(=O)OC(C)(C)C)C2. The maximum atomic E-state index is 13.6. The average Bonchev–Trinajstić information content (AvgIpc) is 3.54. The zero-order valence-electron chi connectivity index (χ0n) is 19.1. The third-order valence-electron chi connectivity index (χ3n) is 5.64. The Hall–Kier alpha value is -3.16. The molecule has 0 bridgehead atoms. The summed E-state index contributed by atoms with van der Waals surface area (Å²) in [6.45, 7) is 7.77. The number of rotatable bonds is 4. The van der Waals surface area contributed by atoms with Crippen LogP contribution in [0, 0.1) is 6.92 Å². The molecule has 1 unspecified atom stereocenters. The first-order valence-electron chi connectivity index (χ1n) is 11.1. The fourth-order valence-corrected chi connectivity index (χ4v) is 3.97. The maximum Gasteiger partial charge on any atom is 0.410 e. The number of aryl methyl sites for hydroxylation is 1. The number of nitrogens with zero attached hydrogens (tertiary/aromatic N) is 3. The van der Waals surface area contributed by atoms with Gasteiger partial charge in [0, 0.05) is 18.2 Å². The number of carbonyl (C=O) groups is 2. The van der Waals surface area contributed by atoms with E-state index in [2.05, 4.69) is 10.3 Å². The molecule has 2 aliphatic rings. The molecule has 4 rings (SSSR count). The Balaban J connectivity index is 1.69. The van der Waals surface area contributed by atoms with Crippen molar-refractivity contribution in [2.24, 2.45) is 0 Å². The van der Waals surface area contributed by atoms with E-state index in [4.69, 9.17) is 4.74 Å². The van der Waals surface area contributed by atoms with Crippen molar-refractivity contribution >= 4 is 12.0 Å². The van der Waals surface area contributed by atoms with Crippen LogP contribution in [0.25, 0.3) is 0 Å². The van der Waals surface area contributed by atoms with Crippen molar-refractivity contribution in [1.29, 1.82) is 0 Å². The molecule has 1 saturated carbocycles. The minimum atomic E-state index is -0.786. The lowest BCUT2D eigenvalue weighted by Crippen LogP contribution is -2.45. The normalized spacial score (nSPS) is 16.8. The van der Waals surface area contributed by atoms with Gasteiger partial charge < -0.3 is 15.0 Å². The monoisotopic (exact) mass is 438 g/mol. The number of benzene rings is 1. The van der Waals surface area contributed by atoms with Crippen LogP contribution in [0.15, 0.2) is 35.1 Å². The standard InChI is InChI=1S/C24H30N4O4/c1-15-25-19-14-27(23(31)32-24(2,3)4)13-12-18(19)22(30)28(15)20(16-8-6-5-7-9-16)21(29)26-17-10-11-17/h5-9,17,20H,10-14H2,1-4H3,(H,26,29). The highest BCUT2D eigenvalue weighted by molar-refractivity contribution is 5.84. The highest BCUT2D eigenvalue weighted by Crippen LogP contribution is 2.25. The quantitative estimate of drug-likeness (QED) is 0.792. The molecule has 0 spiro atoms. The summed E-state index contributed by atoms with van der Waals surface area (Å²) in [4.78, 5) is 45.5. The van der Waals surface area contributed by atoms with Crippen LogP contribution in [0.2, 0.25) is 0 Å². The lowest BCUT2D eigenvalue weighted by Gasteiger charge is -2.31. The minimum Gasteiger partial charge on any atom is -0.444 e. The predicted octanol–water partition coefficient (Wildman–Crippen LogP) is 2.71. The van der Waals surface area contributed by atoms with Gasteiger partial charge in [0.15, 0.2) is 0 Å². The summed E-state index contributed by atoms with van der Waals surface area (Å²) in [5.41, 5.74) is 1.04. The Morgan fingerprint density at radius 2 is 1.88 bits per heavy atom. The molecule has 8 heteroatoms. The summed E-state index contributed by atoms with van der Waals surface area (Å²) in [7, 11) is 0. The smallest absolute Gasteiger partial charge is 0.410 e. The Morgan fingerprint density at radius 3 is 2.50 bits per heavy atom. The fourth-order valence-electron chi connectivity index (χ4n) is 3.97. The first-order chi connectivity index (χ1) is 15.1. The Kier molecular flexibility index (Phi) is 5.79. The predicted molar refractivity (Wildman–Crippen MR) is 119 cm³/mol. The van der Waals surface area contributed by atoms with Gasteiger partial charge in [-0.25, -0.2) is 9.78 Å². The number of hydrogen-bond donors (Lipinski definition) is 1. The molecule has 1 aliphatic carbocycles. The summed E-state index contributed by atoms with van der Waals surface area (Å²) in [6, 6.07) is 8.70. The molecule has 2 aromatic rings. The van der Waals surface area contributed by atoms with Crippen LogP contribution in [0.4, 0.5) is 4.79 Å². The molecule has 1 N–H and O–H groups in total. The third-order valence-corrected chi connectivity index (χ3v) is 5.64. The van der Waals surface area contributed by atoms with E-state index in [1.807, 2.05) is 51.1 Å². The second-order valence-corrected chi connectivity index (χ2v) is 9.51. The van der Waals surface area contributed by atoms with Crippen LogP contribution in [0.5, 0.6) is 0 Å². The molecule has 1 aromatic carbocycles. The van der Waals surface area contributed by atoms with Gasteiger partial charge in [-0.3, -0.25) is 14.2 Å². The van der Waals surface area contributed by atoms with E-state index in [0.29, 0.717) is 30.0 Å². The first kappa shape index (κ1) is 22.0. The van der Waals surface area contributed by atoms with Gasteiger partial charge in [-0.1, -0.05) is 30.3 Å². The number of hydrogen-bond acceptors (Lipinski definition) is 5. The van der Waals surface area contributed by atoms with Crippen LogP contribution >= 0.6 is 0 Å². The van der Waals surface area contributed by atoms with Gasteiger partial charge in [-0.15, -0.1) is 0 Å². The van der Waals surface area contributed by atoms with Crippen molar-refractivity contribution < 1.29 is 14.3 Å². The van der Waals surface area contributed by atoms with E-state index in [-0.39, 0.29) is 24.1 Å². The van der Waals surface area contributed by atoms with E-state index in [9.17, 15) is 14.4 Å². The summed E-state index contributed by atoms with van der Waals surface area (Å²) >= 11 is 0. The number of nitrogens with one attached hydrogen (secondary N) is 1. The van der Waals surface area contributed by atoms with Gasteiger partial charge in [0.05, 0.1) is 12.2 Å². The molecule has 1 fully saturated rings. The highest BCUT2D eigenvalue weighted by Gasteiger charge is 2.34. The molecule has 32 heavy (non-hydrogen) atoms. The average molecular weight is 439 g/mol. The van der Waals surface area contributed by atoms with Gasteiger partial charge in [0.2, 0.25) is 5.91 Å². The van der Waals surface area contributed by atoms with Crippen LogP contribution in [-0.2, 0) is 22.5 Å². The number of carbonyl (C=O) groups excluding carboxylic acids is 2. The molecular weight excluding hydrogens is 408 g/mol. The summed E-state index contributed by atoms with van der Waals surface area (Å²) < 4.78 is 6.96. The van der Waals surface area contributed by atoms with Crippen molar-refractivity contribution in [3.8, 4) is 0 Å². The Labute approximate surface area is 187 Å². The lowest BCUT2D eigenvalue weighted by atomic mass is 10.0. The third kappa shape index (κ3) is 4.69. The largest absolute Gasteiger partial charge is 0.444 e. The van der Waals surface area contributed by atoms with Gasteiger partial charge >= 0.3 is 6.09 Å². The van der Waals surface area contributed by atoms with E-state index < -0.39 is 17.7 Å². The number of fused-ring (bicyclic) bond motifs is 1. The summed E-state index contributed by atoms with van der Waals surface area (Å²) in [5, 5.41) is 3.03. The number of ether oxygens (including phenoxy) is 1. The van der Waals surface area contributed by atoms with Gasteiger partial charge in [0.25, 0.3) is 5.56 Å². The fraction of sp³-hybridized carbons (Fsp3) is 0.500. The van der Waals surface area contributed by atoms with E-state index >= 15 is 0 Å². The van der Waals surface area contributed by atoms with Crippen molar-refractivity contribution in [3.63, 3.8) is 0 Å². The van der Waals surface area contributed by atoms with Crippen molar-refractivity contribution in [3.05, 3.63) is 63.3 Å². The molecule has 1 atom stereocenters. The second-order valence-electron chi connectivity index (χ2n) is 9.51. The number of amides is 2.